The minimum Gasteiger partial charge on any atom is -0.261 e. The maximum Gasteiger partial charge on any atom is 0.0403 e. The van der Waals surface area contributed by atoms with Crippen molar-refractivity contribution in [3.05, 3.63) is 30.1 Å². The molecule has 0 aliphatic carbocycles. The van der Waals surface area contributed by atoms with Gasteiger partial charge in [0.25, 0.3) is 0 Å². The predicted octanol–water partition coefficient (Wildman–Crippen LogP) is 2.43. The summed E-state index contributed by atoms with van der Waals surface area (Å²) >= 11 is 0. The molecule has 0 N–H and O–H groups in total. The van der Waals surface area contributed by atoms with Crippen LogP contribution in [0, 0.1) is 12.3 Å². The lowest BCUT2D eigenvalue weighted by Crippen LogP contribution is -1.88. The molecule has 1 aromatic heterocycles. The number of pyridine rings is 1. The molecule has 0 aromatic carbocycles. The molecular formula is C11H13N. The van der Waals surface area contributed by atoms with Crippen LogP contribution < -0.4 is 0 Å². The summed E-state index contributed by atoms with van der Waals surface area (Å²) in [5, 5.41) is 0. The molecule has 0 bridgehead atoms. The zero-order valence-corrected chi connectivity index (χ0v) is 7.16. The van der Waals surface area contributed by atoms with Crippen LogP contribution in [0.2, 0.25) is 0 Å². The molecule has 1 heteroatoms. The van der Waals surface area contributed by atoms with E-state index in [2.05, 4.69) is 17.0 Å². The van der Waals surface area contributed by atoms with Gasteiger partial charge in [-0.25, -0.2) is 0 Å². The number of nitrogens with zero attached hydrogens (tertiary/aromatic N) is 1. The monoisotopic (exact) mass is 159 g/mol. The zero-order valence-electron chi connectivity index (χ0n) is 7.16. The second-order valence-corrected chi connectivity index (χ2v) is 2.73. The number of hydrogen-bond acceptors (Lipinski definition) is 1. The molecule has 12 heavy (non-hydrogen) atoms. The highest BCUT2D eigenvalue weighted by atomic mass is 14.7. The molecule has 0 aliphatic rings. The van der Waals surface area contributed by atoms with Crippen molar-refractivity contribution >= 4 is 0 Å². The molecule has 1 rings (SSSR count). The van der Waals surface area contributed by atoms with Gasteiger partial charge in [0.05, 0.1) is 0 Å². The van der Waals surface area contributed by atoms with Crippen LogP contribution in [0.3, 0.4) is 0 Å². The maximum absolute atomic E-state index is 5.14. The number of terminal acetylenes is 1. The molecule has 0 saturated carbocycles. The Bertz CT molecular complexity index is 245. The Morgan fingerprint density at radius 1 is 1.33 bits per heavy atom. The van der Waals surface area contributed by atoms with Gasteiger partial charge in [-0.2, -0.15) is 0 Å². The van der Waals surface area contributed by atoms with Gasteiger partial charge in [-0.3, -0.25) is 4.98 Å². The van der Waals surface area contributed by atoms with Gasteiger partial charge in [-0.1, -0.05) is 6.07 Å². The average Bonchev–Trinajstić information content (AvgIpc) is 2.14. The molecule has 0 fully saturated rings. The summed E-state index contributed by atoms with van der Waals surface area (Å²) in [4.78, 5) is 4.22. The number of rotatable bonds is 4. The molecule has 0 saturated heterocycles. The van der Waals surface area contributed by atoms with Crippen molar-refractivity contribution < 1.29 is 0 Å². The van der Waals surface area contributed by atoms with Gasteiger partial charge in [-0.15, -0.1) is 12.3 Å². The number of unbranched alkanes of at least 4 members (excludes halogenated alkanes) is 2. The molecule has 0 amide bonds. The molecule has 1 aromatic rings. The predicted molar refractivity (Wildman–Crippen MR) is 50.6 cm³/mol. The van der Waals surface area contributed by atoms with E-state index in [4.69, 9.17) is 6.42 Å². The molecule has 1 nitrogen and oxygen atoms in total. The number of aromatic nitrogens is 1. The Kier molecular flexibility index (Phi) is 3.94. The van der Waals surface area contributed by atoms with E-state index < -0.39 is 0 Å². The van der Waals surface area contributed by atoms with Crippen molar-refractivity contribution in [1.82, 2.24) is 4.98 Å². The Balaban J connectivity index is 2.21. The fourth-order valence-corrected chi connectivity index (χ4v) is 1.08. The molecular weight excluding hydrogens is 146 g/mol. The van der Waals surface area contributed by atoms with Crippen LogP contribution in [0.25, 0.3) is 0 Å². The summed E-state index contributed by atoms with van der Waals surface area (Å²) in [6, 6.07) is 6.00. The molecule has 0 aliphatic heterocycles. The van der Waals surface area contributed by atoms with Crippen LogP contribution in [0.15, 0.2) is 24.4 Å². The van der Waals surface area contributed by atoms with Gasteiger partial charge >= 0.3 is 0 Å². The molecule has 0 atom stereocenters. The average molecular weight is 159 g/mol. The van der Waals surface area contributed by atoms with Crippen LogP contribution >= 0.6 is 0 Å². The molecule has 0 unspecified atom stereocenters. The molecule has 0 radical (unpaired) electrons. The van der Waals surface area contributed by atoms with Gasteiger partial charge in [0.1, 0.15) is 0 Å². The van der Waals surface area contributed by atoms with Crippen LogP contribution in [0.1, 0.15) is 25.0 Å². The van der Waals surface area contributed by atoms with Crippen LogP contribution in [0.5, 0.6) is 0 Å². The zero-order chi connectivity index (χ0) is 8.65. The first-order valence-electron chi connectivity index (χ1n) is 4.27. The van der Waals surface area contributed by atoms with Gasteiger partial charge in [0, 0.05) is 18.3 Å². The molecule has 62 valence electrons. The van der Waals surface area contributed by atoms with Gasteiger partial charge in [0.15, 0.2) is 0 Å². The summed E-state index contributed by atoms with van der Waals surface area (Å²) in [5.74, 6) is 2.63. The third kappa shape index (κ3) is 3.21. The van der Waals surface area contributed by atoms with Gasteiger partial charge < -0.3 is 0 Å². The first-order valence-corrected chi connectivity index (χ1v) is 4.27. The van der Waals surface area contributed by atoms with E-state index >= 15 is 0 Å². The summed E-state index contributed by atoms with van der Waals surface area (Å²) in [6.45, 7) is 0. The minimum absolute atomic E-state index is 0.882. The number of aryl methyl sites for hydroxylation is 1. The third-order valence-corrected chi connectivity index (χ3v) is 1.73. The third-order valence-electron chi connectivity index (χ3n) is 1.73. The van der Waals surface area contributed by atoms with Crippen LogP contribution in [0.4, 0.5) is 0 Å². The van der Waals surface area contributed by atoms with Crippen LogP contribution in [-0.2, 0) is 6.42 Å². The fraction of sp³-hybridized carbons (Fsp3) is 0.364. The second-order valence-electron chi connectivity index (χ2n) is 2.73. The SMILES string of the molecule is C#CCCCCc1ccccn1. The van der Waals surface area contributed by atoms with E-state index in [1.54, 1.807) is 0 Å². The normalized spacial score (nSPS) is 9.25. The van der Waals surface area contributed by atoms with E-state index in [1.165, 1.54) is 0 Å². The highest BCUT2D eigenvalue weighted by molar-refractivity contribution is 5.03. The smallest absolute Gasteiger partial charge is 0.0403 e. The summed E-state index contributed by atoms with van der Waals surface area (Å²) in [6.07, 6.45) is 11.1. The Hall–Kier alpha value is -1.29. The summed E-state index contributed by atoms with van der Waals surface area (Å²) in [5.41, 5.74) is 1.16. The lowest BCUT2D eigenvalue weighted by atomic mass is 10.1. The summed E-state index contributed by atoms with van der Waals surface area (Å²) < 4.78 is 0. The second kappa shape index (κ2) is 5.37. The fourth-order valence-electron chi connectivity index (χ4n) is 1.08. The Morgan fingerprint density at radius 2 is 2.25 bits per heavy atom. The first kappa shape index (κ1) is 8.80. The Morgan fingerprint density at radius 3 is 2.92 bits per heavy atom. The topological polar surface area (TPSA) is 12.9 Å². The maximum atomic E-state index is 5.14. The quantitative estimate of drug-likeness (QED) is 0.485. The van der Waals surface area contributed by atoms with Gasteiger partial charge in [0.2, 0.25) is 0 Å². The minimum atomic E-state index is 0.882. The highest BCUT2D eigenvalue weighted by Crippen LogP contribution is 2.02. The molecule has 0 spiro atoms. The van der Waals surface area contributed by atoms with Crippen LogP contribution in [-0.4, -0.2) is 4.98 Å². The van der Waals surface area contributed by atoms with Crippen molar-refractivity contribution in [1.29, 1.82) is 0 Å². The van der Waals surface area contributed by atoms with E-state index in [9.17, 15) is 0 Å². The summed E-state index contributed by atoms with van der Waals surface area (Å²) in [7, 11) is 0. The number of hydrogen-bond donors (Lipinski definition) is 0. The van der Waals surface area contributed by atoms with Crippen molar-refractivity contribution in [2.75, 3.05) is 0 Å². The molecule has 1 heterocycles. The van der Waals surface area contributed by atoms with Crippen molar-refractivity contribution in [3.8, 4) is 12.3 Å². The largest absolute Gasteiger partial charge is 0.261 e. The van der Waals surface area contributed by atoms with Crippen molar-refractivity contribution in [2.45, 2.75) is 25.7 Å². The highest BCUT2D eigenvalue weighted by Gasteiger charge is 1.91. The standard InChI is InChI=1S/C11H13N/c1-2-3-4-5-8-11-9-6-7-10-12-11/h1,6-7,9-10H,3-5,8H2. The van der Waals surface area contributed by atoms with E-state index in [-0.39, 0.29) is 0 Å². The van der Waals surface area contributed by atoms with Gasteiger partial charge in [-0.05, 0) is 31.4 Å². The Labute approximate surface area is 73.8 Å². The van der Waals surface area contributed by atoms with Crippen molar-refractivity contribution in [3.63, 3.8) is 0 Å². The van der Waals surface area contributed by atoms with Crippen molar-refractivity contribution in [2.24, 2.45) is 0 Å². The van der Waals surface area contributed by atoms with E-state index in [0.29, 0.717) is 0 Å². The van der Waals surface area contributed by atoms with E-state index in [1.807, 2.05) is 18.3 Å². The van der Waals surface area contributed by atoms with E-state index in [0.717, 1.165) is 31.4 Å². The lowest BCUT2D eigenvalue weighted by Gasteiger charge is -1.97. The first-order chi connectivity index (χ1) is 5.93. The lowest BCUT2D eigenvalue weighted by molar-refractivity contribution is 0.743.